The molecule has 126 valence electrons. The smallest absolute Gasteiger partial charge is 0.160 e. The Morgan fingerprint density at radius 3 is 2.42 bits per heavy atom. The fourth-order valence-corrected chi connectivity index (χ4v) is 2.98. The van der Waals surface area contributed by atoms with Crippen molar-refractivity contribution in [3.8, 4) is 23.0 Å². The van der Waals surface area contributed by atoms with Gasteiger partial charge in [0.1, 0.15) is 0 Å². The molecule has 2 aromatic carbocycles. The molecule has 1 heterocycles. The molecule has 0 saturated carbocycles. The maximum Gasteiger partial charge on any atom is 0.160 e. The number of nitrogens with zero attached hydrogens (tertiary/aromatic N) is 1. The van der Waals surface area contributed by atoms with Crippen molar-refractivity contribution in [3.05, 3.63) is 47.0 Å². The normalized spacial score (nSPS) is 13.0. The molecule has 24 heavy (non-hydrogen) atoms. The highest BCUT2D eigenvalue weighted by Crippen LogP contribution is 2.33. The summed E-state index contributed by atoms with van der Waals surface area (Å²) in [5.74, 6) is 2.04. The quantitative estimate of drug-likeness (QED) is 0.917. The van der Waals surface area contributed by atoms with Crippen molar-refractivity contribution in [2.45, 2.75) is 12.8 Å². The minimum atomic E-state index is 0.137. The predicted molar refractivity (Wildman–Crippen MR) is 93.0 cm³/mol. The van der Waals surface area contributed by atoms with E-state index in [0.29, 0.717) is 23.7 Å². The first-order valence-corrected chi connectivity index (χ1v) is 7.80. The molecule has 0 radical (unpaired) electrons. The van der Waals surface area contributed by atoms with Gasteiger partial charge in [-0.3, -0.25) is 4.99 Å². The number of benzene rings is 2. The van der Waals surface area contributed by atoms with Gasteiger partial charge in [0, 0.05) is 24.2 Å². The Morgan fingerprint density at radius 1 is 0.958 bits per heavy atom. The summed E-state index contributed by atoms with van der Waals surface area (Å²) in [6, 6.07) is 9.49. The van der Waals surface area contributed by atoms with E-state index in [2.05, 4.69) is 4.99 Å². The van der Waals surface area contributed by atoms with Crippen LogP contribution in [0.4, 0.5) is 0 Å². The van der Waals surface area contributed by atoms with Crippen LogP contribution < -0.4 is 14.2 Å². The fourth-order valence-electron chi connectivity index (χ4n) is 2.98. The third-order valence-corrected chi connectivity index (χ3v) is 4.22. The molecule has 0 spiro atoms. The highest BCUT2D eigenvalue weighted by atomic mass is 16.5. The van der Waals surface area contributed by atoms with Crippen molar-refractivity contribution >= 4 is 5.71 Å². The Balaban J connectivity index is 1.92. The van der Waals surface area contributed by atoms with Crippen molar-refractivity contribution in [3.63, 3.8) is 0 Å². The molecular weight excluding hydrogens is 306 g/mol. The van der Waals surface area contributed by atoms with Crippen LogP contribution in [0.15, 0.2) is 35.3 Å². The Kier molecular flexibility index (Phi) is 4.60. The van der Waals surface area contributed by atoms with Crippen molar-refractivity contribution < 1.29 is 19.3 Å². The van der Waals surface area contributed by atoms with Crippen molar-refractivity contribution in [1.29, 1.82) is 0 Å². The molecule has 5 nitrogen and oxygen atoms in total. The maximum absolute atomic E-state index is 10.1. The molecule has 1 N–H and O–H groups in total. The molecule has 0 fully saturated rings. The van der Waals surface area contributed by atoms with E-state index in [1.165, 1.54) is 0 Å². The summed E-state index contributed by atoms with van der Waals surface area (Å²) in [4.78, 5) is 4.65. The molecule has 0 aliphatic carbocycles. The Hall–Kier alpha value is -2.69. The van der Waals surface area contributed by atoms with E-state index in [4.69, 9.17) is 14.2 Å². The number of phenolic OH excluding ortho intramolecular Hbond substituents is 1. The molecule has 0 aromatic heterocycles. The van der Waals surface area contributed by atoms with Gasteiger partial charge in [0.05, 0.1) is 21.3 Å². The van der Waals surface area contributed by atoms with Crippen molar-refractivity contribution in [2.24, 2.45) is 4.99 Å². The Labute approximate surface area is 141 Å². The minimum absolute atomic E-state index is 0.137. The molecule has 0 bridgehead atoms. The average molecular weight is 327 g/mol. The van der Waals surface area contributed by atoms with Gasteiger partial charge in [-0.1, -0.05) is 6.07 Å². The SMILES string of the molecule is COc1cc2c(cc1O)C(Cc1ccc(OC)c(OC)c1)=NCC2. The maximum atomic E-state index is 10.1. The van der Waals surface area contributed by atoms with Crippen LogP contribution in [0.1, 0.15) is 16.7 Å². The monoisotopic (exact) mass is 327 g/mol. The van der Waals surface area contributed by atoms with E-state index in [0.717, 1.165) is 35.4 Å². The lowest BCUT2D eigenvalue weighted by molar-refractivity contribution is 0.354. The number of phenols is 1. The zero-order valence-corrected chi connectivity index (χ0v) is 14.1. The molecule has 0 unspecified atom stereocenters. The summed E-state index contributed by atoms with van der Waals surface area (Å²) in [5.41, 5.74) is 4.17. The zero-order valence-electron chi connectivity index (χ0n) is 14.1. The number of fused-ring (bicyclic) bond motifs is 1. The van der Waals surface area contributed by atoms with Crippen LogP contribution in [0.5, 0.6) is 23.0 Å². The second-order valence-electron chi connectivity index (χ2n) is 5.63. The Bertz CT molecular complexity index is 783. The van der Waals surface area contributed by atoms with Crippen LogP contribution in [0.3, 0.4) is 0 Å². The second-order valence-corrected chi connectivity index (χ2v) is 5.63. The second kappa shape index (κ2) is 6.83. The van der Waals surface area contributed by atoms with E-state index in [1.54, 1.807) is 27.4 Å². The van der Waals surface area contributed by atoms with Gasteiger partial charge in [-0.25, -0.2) is 0 Å². The largest absolute Gasteiger partial charge is 0.504 e. The predicted octanol–water partition coefficient (Wildman–Crippen LogP) is 3.01. The molecule has 0 amide bonds. The fraction of sp³-hybridized carbons (Fsp3) is 0.316. The highest BCUT2D eigenvalue weighted by molar-refractivity contribution is 6.04. The lowest BCUT2D eigenvalue weighted by atomic mass is 9.93. The van der Waals surface area contributed by atoms with E-state index in [9.17, 15) is 5.11 Å². The minimum Gasteiger partial charge on any atom is -0.504 e. The van der Waals surface area contributed by atoms with Gasteiger partial charge in [0.25, 0.3) is 0 Å². The van der Waals surface area contributed by atoms with Gasteiger partial charge >= 0.3 is 0 Å². The van der Waals surface area contributed by atoms with Gasteiger partial charge in [-0.15, -0.1) is 0 Å². The van der Waals surface area contributed by atoms with Crippen LogP contribution >= 0.6 is 0 Å². The Morgan fingerprint density at radius 2 is 1.71 bits per heavy atom. The molecule has 0 saturated heterocycles. The van der Waals surface area contributed by atoms with Crippen LogP contribution in [0.25, 0.3) is 0 Å². The number of aliphatic imine (C=N–C) groups is 1. The van der Waals surface area contributed by atoms with Gasteiger partial charge in [-0.05, 0) is 41.8 Å². The molecular formula is C19H21NO4. The first-order valence-electron chi connectivity index (χ1n) is 7.80. The average Bonchev–Trinajstić information content (AvgIpc) is 2.61. The van der Waals surface area contributed by atoms with Crippen LogP contribution in [0.2, 0.25) is 0 Å². The van der Waals surface area contributed by atoms with Crippen molar-refractivity contribution in [1.82, 2.24) is 0 Å². The lowest BCUT2D eigenvalue weighted by Crippen LogP contribution is -2.15. The molecule has 0 atom stereocenters. The topological polar surface area (TPSA) is 60.3 Å². The summed E-state index contributed by atoms with van der Waals surface area (Å²) < 4.78 is 15.8. The van der Waals surface area contributed by atoms with E-state index in [1.807, 2.05) is 24.3 Å². The van der Waals surface area contributed by atoms with E-state index >= 15 is 0 Å². The van der Waals surface area contributed by atoms with E-state index in [-0.39, 0.29) is 5.75 Å². The van der Waals surface area contributed by atoms with Crippen LogP contribution in [-0.4, -0.2) is 38.7 Å². The summed E-state index contributed by atoms with van der Waals surface area (Å²) in [5, 5.41) is 10.1. The number of hydrogen-bond acceptors (Lipinski definition) is 5. The van der Waals surface area contributed by atoms with Gasteiger partial charge in [0.2, 0.25) is 0 Å². The standard InChI is InChI=1S/C19H21NO4/c1-22-17-5-4-12(9-19(17)24-3)8-15-14-11-16(21)18(23-2)10-13(14)6-7-20-15/h4-5,9-11,21H,6-8H2,1-3H3. The number of methoxy groups -OCH3 is 3. The van der Waals surface area contributed by atoms with Gasteiger partial charge in [-0.2, -0.15) is 0 Å². The van der Waals surface area contributed by atoms with Gasteiger partial charge < -0.3 is 19.3 Å². The van der Waals surface area contributed by atoms with Crippen LogP contribution in [0, 0.1) is 0 Å². The summed E-state index contributed by atoms with van der Waals surface area (Å²) in [6.07, 6.45) is 1.51. The first kappa shape index (κ1) is 16.2. The van der Waals surface area contributed by atoms with E-state index < -0.39 is 0 Å². The summed E-state index contributed by atoms with van der Waals surface area (Å²) >= 11 is 0. The molecule has 1 aliphatic heterocycles. The molecule has 5 heteroatoms. The number of ether oxygens (including phenoxy) is 3. The van der Waals surface area contributed by atoms with Crippen LogP contribution in [-0.2, 0) is 12.8 Å². The molecule has 1 aliphatic rings. The zero-order chi connectivity index (χ0) is 17.1. The highest BCUT2D eigenvalue weighted by Gasteiger charge is 2.18. The molecule has 3 rings (SSSR count). The number of rotatable bonds is 5. The summed E-state index contributed by atoms with van der Waals surface area (Å²) in [7, 11) is 4.80. The number of hydrogen-bond donors (Lipinski definition) is 1. The van der Waals surface area contributed by atoms with Gasteiger partial charge in [0.15, 0.2) is 23.0 Å². The first-order chi connectivity index (χ1) is 11.7. The third-order valence-electron chi connectivity index (χ3n) is 4.22. The lowest BCUT2D eigenvalue weighted by Gasteiger charge is -2.19. The summed E-state index contributed by atoms with van der Waals surface area (Å²) in [6.45, 7) is 0.740. The number of aromatic hydroxyl groups is 1. The molecule has 2 aromatic rings. The third kappa shape index (κ3) is 3.02. The van der Waals surface area contributed by atoms with Crippen molar-refractivity contribution in [2.75, 3.05) is 27.9 Å².